The molecule has 6 nitrogen and oxygen atoms in total. The second kappa shape index (κ2) is 6.60. The fourth-order valence-corrected chi connectivity index (χ4v) is 4.31. The number of fused-ring (bicyclic) bond motifs is 2. The number of rotatable bonds is 3. The van der Waals surface area contributed by atoms with Crippen LogP contribution in [0.3, 0.4) is 0 Å². The van der Waals surface area contributed by atoms with Gasteiger partial charge in [-0.2, -0.15) is 0 Å². The fraction of sp³-hybridized carbons (Fsp3) is 0.316. The van der Waals surface area contributed by atoms with Crippen molar-refractivity contribution in [1.82, 2.24) is 9.88 Å². The van der Waals surface area contributed by atoms with Crippen LogP contribution in [0.5, 0.6) is 0 Å². The fourth-order valence-electron chi connectivity index (χ4n) is 3.84. The highest BCUT2D eigenvalue weighted by atomic mass is 35.5. The van der Waals surface area contributed by atoms with E-state index in [0.29, 0.717) is 15.6 Å². The topological polar surface area (TPSA) is 85.5 Å². The Morgan fingerprint density at radius 1 is 1.32 bits per heavy atom. The Hall–Kier alpha value is -2.38. The van der Waals surface area contributed by atoms with Crippen LogP contribution in [0.4, 0.5) is 9.18 Å². The molecule has 0 saturated carbocycles. The van der Waals surface area contributed by atoms with E-state index in [9.17, 15) is 9.59 Å². The maximum atomic E-state index is 15.3. The lowest BCUT2D eigenvalue weighted by molar-refractivity contribution is -0.133. The average Bonchev–Trinajstić information content (AvgIpc) is 2.97. The van der Waals surface area contributed by atoms with Crippen LogP contribution >= 0.6 is 23.2 Å². The Morgan fingerprint density at radius 2 is 2.11 bits per heavy atom. The van der Waals surface area contributed by atoms with Crippen molar-refractivity contribution in [2.45, 2.75) is 30.7 Å². The SMILES string of the molecule is NC(=O)[C@]1(F)CC[C@@]2(CN(Cc3ccc(Cl)cc3Cl)C(=O)O2)c2ncccc21. The number of pyridine rings is 1. The van der Waals surface area contributed by atoms with Crippen LogP contribution in [0.2, 0.25) is 10.0 Å². The highest BCUT2D eigenvalue weighted by Crippen LogP contribution is 2.49. The van der Waals surface area contributed by atoms with Gasteiger partial charge in [0, 0.05) is 21.8 Å². The number of nitrogens with zero attached hydrogens (tertiary/aromatic N) is 2. The van der Waals surface area contributed by atoms with Crippen LogP contribution in [0.25, 0.3) is 0 Å². The van der Waals surface area contributed by atoms with Gasteiger partial charge in [0.25, 0.3) is 5.91 Å². The molecule has 28 heavy (non-hydrogen) atoms. The first kappa shape index (κ1) is 19.0. The maximum Gasteiger partial charge on any atom is 0.411 e. The van der Waals surface area contributed by atoms with Gasteiger partial charge in [-0.15, -0.1) is 0 Å². The molecule has 0 unspecified atom stereocenters. The van der Waals surface area contributed by atoms with Crippen LogP contribution in [0.15, 0.2) is 36.5 Å². The molecule has 2 N–H and O–H groups in total. The Morgan fingerprint density at radius 3 is 2.82 bits per heavy atom. The lowest BCUT2D eigenvalue weighted by Crippen LogP contribution is -2.47. The van der Waals surface area contributed by atoms with Crippen molar-refractivity contribution >= 4 is 35.2 Å². The van der Waals surface area contributed by atoms with E-state index < -0.39 is 23.3 Å². The largest absolute Gasteiger partial charge is 0.434 e. The summed E-state index contributed by atoms with van der Waals surface area (Å²) < 4.78 is 20.9. The molecule has 0 bridgehead atoms. The minimum Gasteiger partial charge on any atom is -0.434 e. The van der Waals surface area contributed by atoms with Crippen molar-refractivity contribution in [3.63, 3.8) is 0 Å². The normalized spacial score (nSPS) is 26.2. The summed E-state index contributed by atoms with van der Waals surface area (Å²) in [4.78, 5) is 30.0. The van der Waals surface area contributed by atoms with E-state index in [1.807, 2.05) is 0 Å². The zero-order valence-electron chi connectivity index (χ0n) is 14.6. The highest BCUT2D eigenvalue weighted by Gasteiger charge is 2.57. The molecule has 2 atom stereocenters. The molecule has 1 fully saturated rings. The molecule has 1 saturated heterocycles. The molecular formula is C19H16Cl2FN3O3. The van der Waals surface area contributed by atoms with Gasteiger partial charge in [0.1, 0.15) is 0 Å². The number of hydrogen-bond donors (Lipinski definition) is 1. The number of aromatic nitrogens is 1. The van der Waals surface area contributed by atoms with Crippen LogP contribution in [0.1, 0.15) is 29.7 Å². The second-order valence-corrected chi connectivity index (χ2v) is 7.86. The minimum absolute atomic E-state index is 0.0490. The average molecular weight is 424 g/mol. The van der Waals surface area contributed by atoms with Gasteiger partial charge in [-0.3, -0.25) is 14.7 Å². The molecular weight excluding hydrogens is 408 g/mol. The number of alkyl halides is 1. The maximum absolute atomic E-state index is 15.3. The van der Waals surface area contributed by atoms with E-state index in [1.54, 1.807) is 18.2 Å². The molecule has 0 radical (unpaired) electrons. The zero-order chi connectivity index (χ0) is 20.1. The molecule has 1 aliphatic carbocycles. The summed E-state index contributed by atoms with van der Waals surface area (Å²) in [6.45, 7) is 0.360. The Kier molecular flexibility index (Phi) is 4.47. The summed E-state index contributed by atoms with van der Waals surface area (Å²) >= 11 is 12.1. The van der Waals surface area contributed by atoms with Gasteiger partial charge >= 0.3 is 6.09 Å². The van der Waals surface area contributed by atoms with Crippen molar-refractivity contribution < 1.29 is 18.7 Å². The van der Waals surface area contributed by atoms with Gasteiger partial charge in [0.2, 0.25) is 5.67 Å². The number of nitrogens with two attached hydrogens (primary N) is 1. The number of hydrogen-bond acceptors (Lipinski definition) is 4. The van der Waals surface area contributed by atoms with Gasteiger partial charge in [0.15, 0.2) is 5.60 Å². The second-order valence-electron chi connectivity index (χ2n) is 7.02. The molecule has 4 rings (SSSR count). The van der Waals surface area contributed by atoms with E-state index in [4.69, 9.17) is 33.7 Å². The van der Waals surface area contributed by atoms with Crippen LogP contribution in [-0.2, 0) is 27.3 Å². The summed E-state index contributed by atoms with van der Waals surface area (Å²) in [6.07, 6.45) is 0.810. The van der Waals surface area contributed by atoms with E-state index in [1.165, 1.54) is 23.2 Å². The third kappa shape index (κ3) is 2.89. The van der Waals surface area contributed by atoms with E-state index >= 15 is 4.39 Å². The van der Waals surface area contributed by atoms with Crippen LogP contribution < -0.4 is 5.73 Å². The molecule has 2 amide bonds. The first-order valence-electron chi connectivity index (χ1n) is 8.62. The predicted molar refractivity (Wildman–Crippen MR) is 100 cm³/mol. The number of primary amides is 1. The molecule has 1 aliphatic heterocycles. The standard InChI is InChI=1S/C19H16Cl2FN3O3/c20-12-4-3-11(14(21)8-12)9-25-10-18(28-17(25)27)5-6-19(22,16(23)26)13-2-1-7-24-15(13)18/h1-4,7-8H,5-6,9-10H2,(H2,23,26)/t18-,19+/m1/s1. The number of halogens is 3. The van der Waals surface area contributed by atoms with Crippen molar-refractivity contribution in [3.05, 3.63) is 63.4 Å². The molecule has 1 spiro atoms. The van der Waals surface area contributed by atoms with Gasteiger partial charge in [0.05, 0.1) is 18.8 Å². The molecule has 2 aliphatic rings. The molecule has 146 valence electrons. The number of carbonyl (C=O) groups is 2. The quantitative estimate of drug-likeness (QED) is 0.815. The van der Waals surface area contributed by atoms with Crippen molar-refractivity contribution in [3.8, 4) is 0 Å². The lowest BCUT2D eigenvalue weighted by Gasteiger charge is -2.38. The van der Waals surface area contributed by atoms with Crippen molar-refractivity contribution in [1.29, 1.82) is 0 Å². The molecule has 1 aromatic heterocycles. The minimum atomic E-state index is -2.34. The van der Waals surface area contributed by atoms with Crippen LogP contribution in [-0.4, -0.2) is 28.4 Å². The van der Waals surface area contributed by atoms with E-state index in [2.05, 4.69) is 4.98 Å². The monoisotopic (exact) mass is 423 g/mol. The third-order valence-electron chi connectivity index (χ3n) is 5.29. The summed E-state index contributed by atoms with van der Waals surface area (Å²) in [6, 6.07) is 7.99. The van der Waals surface area contributed by atoms with E-state index in [-0.39, 0.29) is 37.2 Å². The number of carbonyl (C=O) groups excluding carboxylic acids is 2. The van der Waals surface area contributed by atoms with Crippen LogP contribution in [0, 0.1) is 0 Å². The third-order valence-corrected chi connectivity index (χ3v) is 5.88. The summed E-state index contributed by atoms with van der Waals surface area (Å²) in [5, 5.41) is 0.922. The Balaban J connectivity index is 1.68. The van der Waals surface area contributed by atoms with Gasteiger partial charge in [-0.1, -0.05) is 35.3 Å². The zero-order valence-corrected chi connectivity index (χ0v) is 16.1. The van der Waals surface area contributed by atoms with E-state index in [0.717, 1.165) is 0 Å². The summed E-state index contributed by atoms with van der Waals surface area (Å²) in [5.41, 5.74) is 2.80. The Bertz CT molecular complexity index is 989. The van der Waals surface area contributed by atoms with Gasteiger partial charge in [-0.25, -0.2) is 9.18 Å². The molecule has 1 aromatic carbocycles. The summed E-state index contributed by atoms with van der Waals surface area (Å²) in [7, 11) is 0. The van der Waals surface area contributed by atoms with Gasteiger partial charge < -0.3 is 10.5 Å². The number of amides is 2. The predicted octanol–water partition coefficient (Wildman–Crippen LogP) is 3.68. The molecule has 2 aromatic rings. The first-order valence-corrected chi connectivity index (χ1v) is 9.37. The molecule has 9 heteroatoms. The van der Waals surface area contributed by atoms with Crippen molar-refractivity contribution in [2.24, 2.45) is 5.73 Å². The molecule has 2 heterocycles. The first-order chi connectivity index (χ1) is 13.2. The summed E-state index contributed by atoms with van der Waals surface area (Å²) in [5.74, 6) is -1.08. The smallest absolute Gasteiger partial charge is 0.411 e. The van der Waals surface area contributed by atoms with Crippen molar-refractivity contribution in [2.75, 3.05) is 6.54 Å². The van der Waals surface area contributed by atoms with Gasteiger partial charge in [-0.05, 0) is 36.6 Å². The number of benzene rings is 1. The Labute approximate surface area is 170 Å². The lowest BCUT2D eigenvalue weighted by atomic mass is 9.74. The number of ether oxygens (including phenoxy) is 1. The highest BCUT2D eigenvalue weighted by molar-refractivity contribution is 6.35.